The summed E-state index contributed by atoms with van der Waals surface area (Å²) in [6, 6.07) is 12.6. The summed E-state index contributed by atoms with van der Waals surface area (Å²) in [6.07, 6.45) is 0.886. The monoisotopic (exact) mass is 374 g/mol. The highest BCUT2D eigenvalue weighted by Gasteiger charge is 2.14. The zero-order valence-electron chi connectivity index (χ0n) is 8.99. The quantitative estimate of drug-likeness (QED) is 0.625. The Morgan fingerprint density at radius 2 is 1.94 bits per heavy atom. The van der Waals surface area contributed by atoms with E-state index in [-0.39, 0.29) is 6.04 Å². The summed E-state index contributed by atoms with van der Waals surface area (Å²) in [5.74, 6) is 5.64. The van der Waals surface area contributed by atoms with E-state index >= 15 is 0 Å². The number of benzene rings is 1. The first-order chi connectivity index (χ1) is 8.20. The fourth-order valence-corrected chi connectivity index (χ4v) is 3.78. The van der Waals surface area contributed by atoms with E-state index in [1.807, 2.05) is 18.2 Å². The summed E-state index contributed by atoms with van der Waals surface area (Å²) in [4.78, 5) is 1.22. The molecular weight excluding hydrogens is 364 g/mol. The van der Waals surface area contributed by atoms with E-state index in [0.717, 1.165) is 14.7 Å². The minimum atomic E-state index is 0.144. The van der Waals surface area contributed by atoms with E-state index in [1.165, 1.54) is 10.4 Å². The van der Waals surface area contributed by atoms with Gasteiger partial charge < -0.3 is 0 Å². The van der Waals surface area contributed by atoms with Gasteiger partial charge in [-0.05, 0) is 49.9 Å². The molecule has 0 bridgehead atoms. The van der Waals surface area contributed by atoms with Crippen molar-refractivity contribution in [2.45, 2.75) is 12.5 Å². The highest BCUT2D eigenvalue weighted by atomic mass is 79.9. The molecule has 17 heavy (non-hydrogen) atoms. The molecule has 3 N–H and O–H groups in total. The second kappa shape index (κ2) is 6.11. The van der Waals surface area contributed by atoms with E-state index in [4.69, 9.17) is 5.84 Å². The molecule has 2 nitrogen and oxygen atoms in total. The first-order valence-corrected chi connectivity index (χ1v) is 7.55. The van der Waals surface area contributed by atoms with E-state index in [2.05, 4.69) is 55.5 Å². The highest BCUT2D eigenvalue weighted by Crippen LogP contribution is 2.36. The van der Waals surface area contributed by atoms with Crippen molar-refractivity contribution in [1.29, 1.82) is 0 Å². The van der Waals surface area contributed by atoms with Crippen molar-refractivity contribution in [2.24, 2.45) is 5.84 Å². The molecule has 2 rings (SSSR count). The van der Waals surface area contributed by atoms with Crippen molar-refractivity contribution in [3.63, 3.8) is 0 Å². The van der Waals surface area contributed by atoms with Crippen LogP contribution in [0.4, 0.5) is 0 Å². The largest absolute Gasteiger partial charge is 0.271 e. The van der Waals surface area contributed by atoms with Gasteiger partial charge in [-0.15, -0.1) is 11.3 Å². The summed E-state index contributed by atoms with van der Waals surface area (Å²) in [7, 11) is 0. The predicted octanol–water partition coefficient (Wildman–Crippen LogP) is 4.02. The summed E-state index contributed by atoms with van der Waals surface area (Å²) in [6.45, 7) is 0. The molecule has 1 atom stereocenters. The van der Waals surface area contributed by atoms with Gasteiger partial charge in [-0.1, -0.05) is 30.3 Å². The Hall–Kier alpha value is -0.200. The number of thiophene rings is 1. The number of nitrogens with one attached hydrogen (secondary N) is 1. The Morgan fingerprint density at radius 1 is 1.24 bits per heavy atom. The van der Waals surface area contributed by atoms with Crippen LogP contribution in [-0.2, 0) is 6.42 Å². The van der Waals surface area contributed by atoms with Gasteiger partial charge in [-0.3, -0.25) is 11.3 Å². The number of rotatable bonds is 4. The van der Waals surface area contributed by atoms with Crippen LogP contribution in [0.1, 0.15) is 16.5 Å². The lowest BCUT2D eigenvalue weighted by molar-refractivity contribution is 0.560. The average Bonchev–Trinajstić information content (AvgIpc) is 2.68. The van der Waals surface area contributed by atoms with Crippen LogP contribution in [0.15, 0.2) is 44.7 Å². The van der Waals surface area contributed by atoms with Crippen LogP contribution in [0.3, 0.4) is 0 Å². The third-order valence-corrected chi connectivity index (χ3v) is 5.86. The fourth-order valence-electron chi connectivity index (χ4n) is 1.63. The van der Waals surface area contributed by atoms with Crippen LogP contribution in [0.5, 0.6) is 0 Å². The third-order valence-electron chi connectivity index (χ3n) is 2.49. The molecule has 1 aromatic heterocycles. The van der Waals surface area contributed by atoms with Crippen molar-refractivity contribution < 1.29 is 0 Å². The Labute approximate surface area is 121 Å². The zero-order chi connectivity index (χ0) is 12.3. The van der Waals surface area contributed by atoms with Crippen LogP contribution in [-0.4, -0.2) is 0 Å². The van der Waals surface area contributed by atoms with Crippen molar-refractivity contribution in [2.75, 3.05) is 0 Å². The maximum absolute atomic E-state index is 5.64. The molecule has 1 heterocycles. The molecule has 1 aromatic carbocycles. The van der Waals surface area contributed by atoms with Gasteiger partial charge in [0.05, 0.1) is 9.83 Å². The topological polar surface area (TPSA) is 38.0 Å². The number of hydrogen-bond acceptors (Lipinski definition) is 3. The second-order valence-electron chi connectivity index (χ2n) is 3.68. The van der Waals surface area contributed by atoms with E-state index in [9.17, 15) is 0 Å². The van der Waals surface area contributed by atoms with Gasteiger partial charge in [0.1, 0.15) is 0 Å². The summed E-state index contributed by atoms with van der Waals surface area (Å²) >= 11 is 8.69. The summed E-state index contributed by atoms with van der Waals surface area (Å²) in [5.41, 5.74) is 4.15. The smallest absolute Gasteiger partial charge is 0.0843 e. The van der Waals surface area contributed by atoms with Crippen LogP contribution < -0.4 is 11.3 Å². The first-order valence-electron chi connectivity index (χ1n) is 5.15. The molecule has 2 aromatic rings. The minimum Gasteiger partial charge on any atom is -0.271 e. The second-order valence-corrected chi connectivity index (χ2v) is 6.94. The van der Waals surface area contributed by atoms with Gasteiger partial charge in [-0.2, -0.15) is 0 Å². The molecule has 0 fully saturated rings. The molecule has 0 aliphatic carbocycles. The Kier molecular flexibility index (Phi) is 4.76. The van der Waals surface area contributed by atoms with Gasteiger partial charge in [0.15, 0.2) is 0 Å². The standard InChI is InChI=1S/C12H12Br2N2S/c13-9-7-11(17-12(9)14)10(16-15)6-8-4-2-1-3-5-8/h1-5,7,10,16H,6,15H2. The molecule has 0 aliphatic rings. The molecule has 0 aliphatic heterocycles. The van der Waals surface area contributed by atoms with Crippen molar-refractivity contribution in [1.82, 2.24) is 5.43 Å². The average molecular weight is 376 g/mol. The SMILES string of the molecule is NNC(Cc1ccccc1)c1cc(Br)c(Br)s1. The first kappa shape index (κ1) is 13.2. The van der Waals surface area contributed by atoms with Gasteiger partial charge >= 0.3 is 0 Å². The molecule has 90 valence electrons. The number of nitrogens with two attached hydrogens (primary N) is 1. The molecule has 0 saturated heterocycles. The number of hydrazine groups is 1. The molecule has 1 unspecified atom stereocenters. The van der Waals surface area contributed by atoms with Gasteiger partial charge in [0.25, 0.3) is 0 Å². The van der Waals surface area contributed by atoms with Crippen molar-refractivity contribution >= 4 is 43.2 Å². The van der Waals surface area contributed by atoms with Crippen molar-refractivity contribution in [3.05, 3.63) is 55.1 Å². The lowest BCUT2D eigenvalue weighted by Gasteiger charge is -2.13. The zero-order valence-corrected chi connectivity index (χ0v) is 13.0. The molecular formula is C12H12Br2N2S. The van der Waals surface area contributed by atoms with Crippen molar-refractivity contribution in [3.8, 4) is 0 Å². The normalized spacial score (nSPS) is 12.6. The van der Waals surface area contributed by atoms with E-state index in [0.29, 0.717) is 0 Å². The maximum Gasteiger partial charge on any atom is 0.0843 e. The molecule has 0 saturated carbocycles. The van der Waals surface area contributed by atoms with Crippen LogP contribution in [0.25, 0.3) is 0 Å². The number of halogens is 2. The summed E-state index contributed by atoms with van der Waals surface area (Å²) < 4.78 is 2.17. The van der Waals surface area contributed by atoms with Gasteiger partial charge in [0, 0.05) is 9.35 Å². The van der Waals surface area contributed by atoms with E-state index in [1.54, 1.807) is 11.3 Å². The third kappa shape index (κ3) is 3.39. The van der Waals surface area contributed by atoms with E-state index < -0.39 is 0 Å². The molecule has 5 heteroatoms. The Bertz CT molecular complexity index is 465. The summed E-state index contributed by atoms with van der Waals surface area (Å²) in [5, 5.41) is 0. The van der Waals surface area contributed by atoms with Crippen LogP contribution >= 0.6 is 43.2 Å². The highest BCUT2D eigenvalue weighted by molar-refractivity contribution is 9.13. The van der Waals surface area contributed by atoms with Gasteiger partial charge in [-0.25, -0.2) is 0 Å². The Balaban J connectivity index is 2.17. The maximum atomic E-state index is 5.64. The molecule has 0 radical (unpaired) electrons. The Morgan fingerprint density at radius 3 is 2.47 bits per heavy atom. The molecule has 0 spiro atoms. The lowest BCUT2D eigenvalue weighted by Crippen LogP contribution is -2.28. The fraction of sp³-hybridized carbons (Fsp3) is 0.167. The lowest BCUT2D eigenvalue weighted by atomic mass is 10.1. The van der Waals surface area contributed by atoms with Gasteiger partial charge in [0.2, 0.25) is 0 Å². The van der Waals surface area contributed by atoms with Crippen LogP contribution in [0.2, 0.25) is 0 Å². The molecule has 0 amide bonds. The predicted molar refractivity (Wildman–Crippen MR) is 79.9 cm³/mol. The minimum absolute atomic E-state index is 0.144. The number of hydrogen-bond donors (Lipinski definition) is 2. The van der Waals surface area contributed by atoms with Crippen LogP contribution in [0, 0.1) is 0 Å².